The van der Waals surface area contributed by atoms with E-state index in [2.05, 4.69) is 6.07 Å². The molecule has 0 aliphatic rings. The molecule has 21 heavy (non-hydrogen) atoms. The quantitative estimate of drug-likeness (QED) is 0.793. The molecule has 0 radical (unpaired) electrons. The average Bonchev–Trinajstić information content (AvgIpc) is 2.77. The second kappa shape index (κ2) is 6.66. The van der Waals surface area contributed by atoms with E-state index in [0.29, 0.717) is 18.7 Å². The van der Waals surface area contributed by atoms with Gasteiger partial charge in [-0.25, -0.2) is 0 Å². The van der Waals surface area contributed by atoms with Gasteiger partial charge in [-0.2, -0.15) is 5.26 Å². The van der Waals surface area contributed by atoms with Crippen molar-refractivity contribution in [3.05, 3.63) is 56.8 Å². The Morgan fingerprint density at radius 3 is 2.71 bits per heavy atom. The minimum absolute atomic E-state index is 0.149. The number of nitrogens with zero attached hydrogens (tertiary/aromatic N) is 2. The maximum absolute atomic E-state index is 12.3. The number of Topliss-reactive ketones (excluding diaryl/α,β-unsaturated/α-hetero) is 1. The fraction of sp³-hybridized carbons (Fsp3) is 0.294. The summed E-state index contributed by atoms with van der Waals surface area (Å²) in [5, 5.41) is 8.91. The van der Waals surface area contributed by atoms with Crippen LogP contribution in [0.4, 0.5) is 0 Å². The van der Waals surface area contributed by atoms with Gasteiger partial charge in [0, 0.05) is 21.9 Å². The molecule has 3 nitrogen and oxygen atoms in total. The Balaban J connectivity index is 2.01. The van der Waals surface area contributed by atoms with Crippen molar-refractivity contribution in [2.24, 2.45) is 0 Å². The Morgan fingerprint density at radius 1 is 1.33 bits per heavy atom. The molecule has 0 atom stereocenters. The lowest BCUT2D eigenvalue weighted by molar-refractivity contribution is 0.0943. The van der Waals surface area contributed by atoms with Crippen molar-refractivity contribution < 1.29 is 4.79 Å². The Bertz CT molecular complexity index is 697. The van der Waals surface area contributed by atoms with E-state index in [1.165, 1.54) is 4.88 Å². The van der Waals surface area contributed by atoms with Crippen LogP contribution in [0, 0.1) is 25.2 Å². The molecule has 0 unspecified atom stereocenters. The van der Waals surface area contributed by atoms with Crippen LogP contribution in [0.15, 0.2) is 30.3 Å². The number of benzene rings is 1. The van der Waals surface area contributed by atoms with Gasteiger partial charge >= 0.3 is 0 Å². The minimum Gasteiger partial charge on any atom is -0.295 e. The number of ketones is 1. The molecule has 2 rings (SSSR count). The topological polar surface area (TPSA) is 44.1 Å². The van der Waals surface area contributed by atoms with Crippen molar-refractivity contribution in [3.63, 3.8) is 0 Å². The first-order valence-electron chi connectivity index (χ1n) is 6.77. The number of hydrogen-bond donors (Lipinski definition) is 0. The van der Waals surface area contributed by atoms with Gasteiger partial charge < -0.3 is 0 Å². The predicted molar refractivity (Wildman–Crippen MR) is 85.6 cm³/mol. The first-order chi connectivity index (χ1) is 9.99. The van der Waals surface area contributed by atoms with E-state index in [-0.39, 0.29) is 5.78 Å². The lowest BCUT2D eigenvalue weighted by atomic mass is 10.1. The number of aryl methyl sites for hydroxylation is 2. The van der Waals surface area contributed by atoms with Gasteiger partial charge in [-0.15, -0.1) is 11.3 Å². The summed E-state index contributed by atoms with van der Waals surface area (Å²) in [6, 6.07) is 11.6. The highest BCUT2D eigenvalue weighted by Crippen LogP contribution is 2.21. The molecule has 0 aliphatic heterocycles. The summed E-state index contributed by atoms with van der Waals surface area (Å²) >= 11 is 1.66. The van der Waals surface area contributed by atoms with E-state index < -0.39 is 0 Å². The van der Waals surface area contributed by atoms with E-state index in [9.17, 15) is 4.79 Å². The molecule has 4 heteroatoms. The highest BCUT2D eigenvalue weighted by atomic mass is 32.1. The molecule has 0 saturated heterocycles. The minimum atomic E-state index is 0.149. The fourth-order valence-electron chi connectivity index (χ4n) is 2.34. The van der Waals surface area contributed by atoms with Gasteiger partial charge in [-0.05, 0) is 44.7 Å². The van der Waals surface area contributed by atoms with Gasteiger partial charge in [-0.3, -0.25) is 9.69 Å². The number of nitriles is 1. The van der Waals surface area contributed by atoms with E-state index in [4.69, 9.17) is 5.26 Å². The SMILES string of the molecule is Cc1cc(C(=O)CN(C)Cc2cccc(C#N)c2)c(C)s1. The molecular weight excluding hydrogens is 280 g/mol. The molecule has 1 aromatic heterocycles. The summed E-state index contributed by atoms with van der Waals surface area (Å²) < 4.78 is 0. The number of thiophene rings is 1. The average molecular weight is 298 g/mol. The second-order valence-electron chi connectivity index (χ2n) is 5.23. The molecule has 108 valence electrons. The predicted octanol–water partition coefficient (Wildman–Crippen LogP) is 3.55. The molecule has 0 saturated carbocycles. The molecule has 0 bridgehead atoms. The van der Waals surface area contributed by atoms with Crippen LogP contribution in [0.1, 0.15) is 31.2 Å². The number of carbonyl (C=O) groups excluding carboxylic acids is 1. The molecule has 0 amide bonds. The zero-order valence-corrected chi connectivity index (χ0v) is 13.3. The maximum Gasteiger partial charge on any atom is 0.177 e. The molecule has 1 aromatic carbocycles. The molecule has 2 aromatic rings. The molecule has 0 spiro atoms. The van der Waals surface area contributed by atoms with Gasteiger partial charge in [0.2, 0.25) is 0 Å². The lowest BCUT2D eigenvalue weighted by Gasteiger charge is -2.16. The molecular formula is C17H18N2OS. The Labute approximate surface area is 129 Å². The third kappa shape index (κ3) is 4.01. The van der Waals surface area contributed by atoms with Crippen molar-refractivity contribution in [1.29, 1.82) is 5.26 Å². The van der Waals surface area contributed by atoms with Crippen LogP contribution in [0.25, 0.3) is 0 Å². The first-order valence-corrected chi connectivity index (χ1v) is 7.59. The molecule has 0 fully saturated rings. The summed E-state index contributed by atoms with van der Waals surface area (Å²) in [5.74, 6) is 0.149. The third-order valence-electron chi connectivity index (χ3n) is 3.26. The van der Waals surface area contributed by atoms with E-state index in [1.807, 2.05) is 50.1 Å². The molecule has 0 aliphatic carbocycles. The zero-order chi connectivity index (χ0) is 15.4. The molecule has 0 N–H and O–H groups in total. The summed E-state index contributed by atoms with van der Waals surface area (Å²) in [7, 11) is 1.92. The number of rotatable bonds is 5. The van der Waals surface area contributed by atoms with Crippen molar-refractivity contribution in [1.82, 2.24) is 4.90 Å². The number of hydrogen-bond acceptors (Lipinski definition) is 4. The van der Waals surface area contributed by atoms with Crippen molar-refractivity contribution >= 4 is 17.1 Å². The van der Waals surface area contributed by atoms with Crippen LogP contribution in [0.2, 0.25) is 0 Å². The summed E-state index contributed by atoms with van der Waals surface area (Å²) in [6.45, 7) is 5.05. The summed E-state index contributed by atoms with van der Waals surface area (Å²) in [6.07, 6.45) is 0. The van der Waals surface area contributed by atoms with Crippen LogP contribution in [0.3, 0.4) is 0 Å². The monoisotopic (exact) mass is 298 g/mol. The third-order valence-corrected chi connectivity index (χ3v) is 4.23. The van der Waals surface area contributed by atoms with Gasteiger partial charge in [0.25, 0.3) is 0 Å². The number of likely N-dealkylation sites (N-methyl/N-ethyl adjacent to an activating group) is 1. The largest absolute Gasteiger partial charge is 0.295 e. The summed E-state index contributed by atoms with van der Waals surface area (Å²) in [5.41, 5.74) is 2.52. The highest BCUT2D eigenvalue weighted by molar-refractivity contribution is 7.12. The van der Waals surface area contributed by atoms with Gasteiger partial charge in [0.1, 0.15) is 0 Å². The van der Waals surface area contributed by atoms with Crippen molar-refractivity contribution in [2.45, 2.75) is 20.4 Å². The van der Waals surface area contributed by atoms with Crippen LogP contribution in [-0.2, 0) is 6.54 Å². The Hall–Kier alpha value is -1.96. The normalized spacial score (nSPS) is 10.6. The van der Waals surface area contributed by atoms with Crippen LogP contribution < -0.4 is 0 Å². The maximum atomic E-state index is 12.3. The lowest BCUT2D eigenvalue weighted by Crippen LogP contribution is -2.25. The zero-order valence-electron chi connectivity index (χ0n) is 12.5. The van der Waals surface area contributed by atoms with E-state index in [0.717, 1.165) is 16.0 Å². The smallest absolute Gasteiger partial charge is 0.177 e. The van der Waals surface area contributed by atoms with Gasteiger partial charge in [0.05, 0.1) is 18.2 Å². The van der Waals surface area contributed by atoms with Gasteiger partial charge in [0.15, 0.2) is 5.78 Å². The fourth-order valence-corrected chi connectivity index (χ4v) is 3.29. The number of carbonyl (C=O) groups is 1. The van der Waals surface area contributed by atoms with E-state index >= 15 is 0 Å². The second-order valence-corrected chi connectivity index (χ2v) is 6.70. The molecule has 1 heterocycles. The van der Waals surface area contributed by atoms with Crippen molar-refractivity contribution in [3.8, 4) is 6.07 Å². The van der Waals surface area contributed by atoms with Crippen LogP contribution in [0.5, 0.6) is 0 Å². The Kier molecular flexibility index (Phi) is 4.89. The first kappa shape index (κ1) is 15.4. The van der Waals surface area contributed by atoms with Crippen molar-refractivity contribution in [2.75, 3.05) is 13.6 Å². The Morgan fingerprint density at radius 2 is 2.10 bits per heavy atom. The standard InChI is InChI=1S/C17H18N2OS/c1-12-7-16(13(2)21-12)17(20)11-19(3)10-15-6-4-5-14(8-15)9-18/h4-8H,10-11H2,1-3H3. The highest BCUT2D eigenvalue weighted by Gasteiger charge is 2.14. The van der Waals surface area contributed by atoms with Gasteiger partial charge in [-0.1, -0.05) is 12.1 Å². The van der Waals surface area contributed by atoms with Crippen LogP contribution >= 0.6 is 11.3 Å². The van der Waals surface area contributed by atoms with E-state index in [1.54, 1.807) is 17.4 Å². The van der Waals surface area contributed by atoms with Crippen LogP contribution in [-0.4, -0.2) is 24.3 Å². The summed E-state index contributed by atoms with van der Waals surface area (Å²) in [4.78, 5) is 16.5.